The molecule has 0 fully saturated rings. The molecule has 2 atom stereocenters. The fraction of sp³-hybridized carbons (Fsp3) is 0.364. The molecule has 2 rings (SSSR count). The second kappa shape index (κ2) is 2.98. The first kappa shape index (κ1) is 7.36. The average Bonchev–Trinajstić information content (AvgIpc) is 2.11. The lowest BCUT2D eigenvalue weighted by Crippen LogP contribution is -2.00. The van der Waals surface area contributed by atoms with Gasteiger partial charge in [0.25, 0.3) is 0 Å². The number of fused-ring (bicyclic) bond motifs is 2. The summed E-state index contributed by atoms with van der Waals surface area (Å²) in [5, 5.41) is 0. The van der Waals surface area contributed by atoms with Gasteiger partial charge in [0.1, 0.15) is 6.04 Å². The predicted molar refractivity (Wildman–Crippen MR) is 51.1 cm³/mol. The third-order valence-corrected chi connectivity index (χ3v) is 2.04. The second-order valence-electron chi connectivity index (χ2n) is 3.18. The molecular weight excluding hydrogens is 146 g/mol. The number of aliphatic imine (C=N–C) groups is 1. The van der Waals surface area contributed by atoms with Crippen LogP contribution in [0.3, 0.4) is 0 Å². The van der Waals surface area contributed by atoms with Crippen molar-refractivity contribution in [2.75, 3.05) is 0 Å². The van der Waals surface area contributed by atoms with E-state index in [1.165, 1.54) is 5.71 Å². The van der Waals surface area contributed by atoms with Gasteiger partial charge in [-0.05, 0) is 13.0 Å². The van der Waals surface area contributed by atoms with Gasteiger partial charge in [0.2, 0.25) is 0 Å². The van der Waals surface area contributed by atoms with Crippen LogP contribution >= 0.6 is 0 Å². The highest BCUT2D eigenvalue weighted by atomic mass is 14.8. The molecule has 2 bridgehead atoms. The molecule has 0 N–H and O–H groups in total. The minimum Gasteiger partial charge on any atom is -0.274 e. The molecule has 0 saturated heterocycles. The van der Waals surface area contributed by atoms with E-state index in [1.54, 1.807) is 0 Å². The summed E-state index contributed by atoms with van der Waals surface area (Å²) in [5.74, 6) is 6.73. The second-order valence-corrected chi connectivity index (χ2v) is 3.18. The topological polar surface area (TPSA) is 12.4 Å². The molecule has 0 spiro atoms. The quantitative estimate of drug-likeness (QED) is 0.477. The van der Waals surface area contributed by atoms with Crippen LogP contribution < -0.4 is 0 Å². The lowest BCUT2D eigenvalue weighted by atomic mass is 10.0. The van der Waals surface area contributed by atoms with E-state index in [0.717, 1.165) is 6.42 Å². The Bertz CT molecular complexity index is 323. The Hall–Kier alpha value is -1.29. The molecule has 1 nitrogen and oxygen atoms in total. The van der Waals surface area contributed by atoms with Crippen molar-refractivity contribution in [3.8, 4) is 11.8 Å². The number of rotatable bonds is 0. The third kappa shape index (κ3) is 1.48. The number of allylic oxidation sites excluding steroid dienone is 3. The van der Waals surface area contributed by atoms with Crippen LogP contribution in [-0.4, -0.2) is 11.8 Å². The summed E-state index contributed by atoms with van der Waals surface area (Å²) < 4.78 is 0. The fourth-order valence-electron chi connectivity index (χ4n) is 1.46. The highest BCUT2D eigenvalue weighted by molar-refractivity contribution is 5.83. The lowest BCUT2D eigenvalue weighted by molar-refractivity contribution is 0.894. The maximum absolute atomic E-state index is 4.47. The summed E-state index contributed by atoms with van der Waals surface area (Å²) >= 11 is 0. The highest BCUT2D eigenvalue weighted by Gasteiger charge is 2.10. The van der Waals surface area contributed by atoms with Crippen LogP contribution in [0.5, 0.6) is 0 Å². The van der Waals surface area contributed by atoms with Gasteiger partial charge in [-0.15, -0.1) is 0 Å². The molecule has 0 amide bonds. The molecule has 1 aliphatic carbocycles. The monoisotopic (exact) mass is 157 g/mol. The molecule has 1 aliphatic heterocycles. The first-order valence-electron chi connectivity index (χ1n) is 4.24. The van der Waals surface area contributed by atoms with Gasteiger partial charge in [-0.3, -0.25) is 4.99 Å². The van der Waals surface area contributed by atoms with E-state index in [2.05, 4.69) is 35.9 Å². The summed E-state index contributed by atoms with van der Waals surface area (Å²) in [5.41, 5.74) is 1.19. The van der Waals surface area contributed by atoms with E-state index in [4.69, 9.17) is 0 Å². The molecule has 1 heterocycles. The molecule has 0 saturated carbocycles. The van der Waals surface area contributed by atoms with Crippen molar-refractivity contribution in [3.05, 3.63) is 24.3 Å². The number of hydrogen-bond donors (Lipinski definition) is 0. The molecule has 0 aromatic heterocycles. The summed E-state index contributed by atoms with van der Waals surface area (Å²) in [6.45, 7) is 2.07. The van der Waals surface area contributed by atoms with E-state index < -0.39 is 0 Å². The van der Waals surface area contributed by atoms with Gasteiger partial charge < -0.3 is 0 Å². The first-order chi connectivity index (χ1) is 5.84. The van der Waals surface area contributed by atoms with E-state index in [1.807, 2.05) is 12.2 Å². The summed E-state index contributed by atoms with van der Waals surface area (Å²) in [4.78, 5) is 4.47. The largest absolute Gasteiger partial charge is 0.274 e. The third-order valence-electron chi connectivity index (χ3n) is 2.04. The van der Waals surface area contributed by atoms with Gasteiger partial charge in [-0.1, -0.05) is 30.1 Å². The van der Waals surface area contributed by atoms with Gasteiger partial charge in [-0.2, -0.15) is 0 Å². The standard InChI is InChI=1S/C11H11N/c1-9-8-10-4-2-3-5-11(12-9)7-6-10/h2-5,10-11H,8H2,1H3/b4-2-,5-3-. The summed E-state index contributed by atoms with van der Waals surface area (Å²) in [6, 6.07) is 0.0972. The van der Waals surface area contributed by atoms with Gasteiger partial charge in [-0.25, -0.2) is 0 Å². The van der Waals surface area contributed by atoms with E-state index in [0.29, 0.717) is 5.92 Å². The Morgan fingerprint density at radius 2 is 2.17 bits per heavy atom. The van der Waals surface area contributed by atoms with E-state index in [9.17, 15) is 0 Å². The zero-order chi connectivity index (χ0) is 8.39. The molecule has 0 radical (unpaired) electrons. The Morgan fingerprint density at radius 1 is 1.33 bits per heavy atom. The van der Waals surface area contributed by atoms with Crippen molar-refractivity contribution in [3.63, 3.8) is 0 Å². The highest BCUT2D eigenvalue weighted by Crippen LogP contribution is 2.13. The normalized spacial score (nSPS) is 36.6. The van der Waals surface area contributed by atoms with Crippen LogP contribution in [0.15, 0.2) is 29.3 Å². The smallest absolute Gasteiger partial charge is 0.129 e. The molecule has 60 valence electrons. The van der Waals surface area contributed by atoms with Crippen molar-refractivity contribution >= 4 is 5.71 Å². The number of nitrogens with zero attached hydrogens (tertiary/aromatic N) is 1. The zero-order valence-corrected chi connectivity index (χ0v) is 7.12. The van der Waals surface area contributed by atoms with Crippen LogP contribution in [0, 0.1) is 17.8 Å². The Balaban J connectivity index is 2.41. The van der Waals surface area contributed by atoms with E-state index >= 15 is 0 Å². The van der Waals surface area contributed by atoms with Crippen molar-refractivity contribution in [1.29, 1.82) is 0 Å². The molecule has 1 heteroatoms. The van der Waals surface area contributed by atoms with Crippen LogP contribution in [-0.2, 0) is 0 Å². The maximum atomic E-state index is 4.47. The van der Waals surface area contributed by atoms with Crippen LogP contribution in [0.25, 0.3) is 0 Å². The average molecular weight is 157 g/mol. The molecule has 2 unspecified atom stereocenters. The molecule has 0 aromatic rings. The van der Waals surface area contributed by atoms with Crippen molar-refractivity contribution in [1.82, 2.24) is 0 Å². The lowest BCUT2D eigenvalue weighted by Gasteiger charge is -2.01. The first-order valence-corrected chi connectivity index (χ1v) is 4.24. The van der Waals surface area contributed by atoms with Gasteiger partial charge in [0.05, 0.1) is 0 Å². The molecule has 2 aliphatic rings. The van der Waals surface area contributed by atoms with Crippen LogP contribution in [0.2, 0.25) is 0 Å². The molecule has 12 heavy (non-hydrogen) atoms. The van der Waals surface area contributed by atoms with Gasteiger partial charge in [0, 0.05) is 18.1 Å². The maximum Gasteiger partial charge on any atom is 0.129 e. The number of hydrogen-bond acceptors (Lipinski definition) is 1. The van der Waals surface area contributed by atoms with Crippen LogP contribution in [0.4, 0.5) is 0 Å². The summed E-state index contributed by atoms with van der Waals surface area (Å²) in [7, 11) is 0. The van der Waals surface area contributed by atoms with Crippen molar-refractivity contribution in [2.24, 2.45) is 10.9 Å². The minimum atomic E-state index is 0.0972. The van der Waals surface area contributed by atoms with Crippen LogP contribution in [0.1, 0.15) is 13.3 Å². The molecular formula is C11H11N. The summed E-state index contributed by atoms with van der Waals surface area (Å²) in [6.07, 6.45) is 9.27. The van der Waals surface area contributed by atoms with E-state index in [-0.39, 0.29) is 6.04 Å². The minimum absolute atomic E-state index is 0.0972. The SMILES string of the molecule is CC1=NC2C#CC(/C=C\C=C/2)C1. The van der Waals surface area contributed by atoms with Gasteiger partial charge >= 0.3 is 0 Å². The van der Waals surface area contributed by atoms with Crippen molar-refractivity contribution < 1.29 is 0 Å². The van der Waals surface area contributed by atoms with Gasteiger partial charge in [0.15, 0.2) is 0 Å². The Kier molecular flexibility index (Phi) is 1.83. The predicted octanol–water partition coefficient (Wildman–Crippen LogP) is 1.97. The molecule has 0 aromatic carbocycles. The Labute approximate surface area is 72.9 Å². The zero-order valence-electron chi connectivity index (χ0n) is 7.12. The fourth-order valence-corrected chi connectivity index (χ4v) is 1.46. The van der Waals surface area contributed by atoms with Crippen molar-refractivity contribution in [2.45, 2.75) is 19.4 Å². The Morgan fingerprint density at radius 3 is 3.08 bits per heavy atom.